The lowest BCUT2D eigenvalue weighted by Crippen LogP contribution is -1.98. The van der Waals surface area contributed by atoms with Crippen molar-refractivity contribution >= 4 is 0 Å². The van der Waals surface area contributed by atoms with Crippen LogP contribution in [0.5, 0.6) is 0 Å². The van der Waals surface area contributed by atoms with Gasteiger partial charge < -0.3 is 4.74 Å². The van der Waals surface area contributed by atoms with Gasteiger partial charge in [0.15, 0.2) is 23.3 Å². The van der Waals surface area contributed by atoms with Gasteiger partial charge in [-0.05, 0) is 18.4 Å². The third-order valence-electron chi connectivity index (χ3n) is 1.67. The van der Waals surface area contributed by atoms with E-state index >= 15 is 0 Å². The van der Waals surface area contributed by atoms with E-state index in [0.717, 1.165) is 0 Å². The molecule has 0 fully saturated rings. The van der Waals surface area contributed by atoms with Crippen molar-refractivity contribution in [2.45, 2.75) is 13.3 Å². The van der Waals surface area contributed by atoms with E-state index in [9.17, 15) is 17.6 Å². The van der Waals surface area contributed by atoms with Crippen LogP contribution in [-0.4, -0.2) is 6.61 Å². The molecular weight excluding hydrogens is 224 g/mol. The first-order chi connectivity index (χ1) is 7.57. The summed E-state index contributed by atoms with van der Waals surface area (Å²) in [5.74, 6) is -4.67. The van der Waals surface area contributed by atoms with E-state index in [1.807, 2.05) is 6.92 Å². The molecule has 0 aliphatic heterocycles. The van der Waals surface area contributed by atoms with Crippen LogP contribution in [-0.2, 0) is 4.74 Å². The van der Waals surface area contributed by atoms with Gasteiger partial charge in [0.2, 0.25) is 0 Å². The second kappa shape index (κ2) is 5.40. The number of hydrogen-bond acceptors (Lipinski definition) is 1. The van der Waals surface area contributed by atoms with E-state index in [-0.39, 0.29) is 0 Å². The highest BCUT2D eigenvalue weighted by Gasteiger charge is 2.17. The molecule has 0 aromatic heterocycles. The monoisotopic (exact) mass is 232 g/mol. The van der Waals surface area contributed by atoms with Crippen LogP contribution in [0.3, 0.4) is 0 Å². The van der Waals surface area contributed by atoms with E-state index in [1.165, 1.54) is 0 Å². The van der Waals surface area contributed by atoms with Gasteiger partial charge in [-0.2, -0.15) is 0 Å². The van der Waals surface area contributed by atoms with E-state index < -0.39 is 28.8 Å². The molecule has 1 nitrogen and oxygen atoms in total. The first kappa shape index (κ1) is 12.4. The quantitative estimate of drug-likeness (QED) is 0.250. The van der Waals surface area contributed by atoms with Gasteiger partial charge in [-0.1, -0.05) is 6.92 Å². The predicted octanol–water partition coefficient (Wildman–Crippen LogP) is 2.98. The number of halogens is 4. The smallest absolute Gasteiger partial charge is 0.198 e. The Morgan fingerprint density at radius 2 is 1.81 bits per heavy atom. The Morgan fingerprint density at radius 1 is 1.12 bits per heavy atom. The van der Waals surface area contributed by atoms with Gasteiger partial charge in [0.1, 0.15) is 6.11 Å². The lowest BCUT2D eigenvalue weighted by molar-refractivity contribution is 0.278. The Labute approximate surface area is 90.0 Å². The maximum absolute atomic E-state index is 13.0. The van der Waals surface area contributed by atoms with E-state index in [1.54, 1.807) is 0 Å². The highest BCUT2D eigenvalue weighted by atomic mass is 19.2. The van der Waals surface area contributed by atoms with Gasteiger partial charge in [-0.25, -0.2) is 17.6 Å². The molecular formula is C11H8F4O. The third-order valence-corrected chi connectivity index (χ3v) is 1.67. The highest BCUT2D eigenvalue weighted by Crippen LogP contribution is 2.17. The van der Waals surface area contributed by atoms with Crippen molar-refractivity contribution in [3.05, 3.63) is 34.9 Å². The van der Waals surface area contributed by atoms with Gasteiger partial charge in [-0.15, -0.1) is 0 Å². The number of ether oxygens (including phenoxy) is 1. The van der Waals surface area contributed by atoms with Crippen molar-refractivity contribution < 1.29 is 22.3 Å². The zero-order chi connectivity index (χ0) is 12.1. The van der Waals surface area contributed by atoms with E-state index in [4.69, 9.17) is 0 Å². The molecule has 0 saturated carbocycles. The molecule has 1 aromatic carbocycles. The zero-order valence-corrected chi connectivity index (χ0v) is 8.41. The average Bonchev–Trinajstić information content (AvgIpc) is 2.28. The van der Waals surface area contributed by atoms with Crippen molar-refractivity contribution in [3.8, 4) is 12.0 Å². The zero-order valence-electron chi connectivity index (χ0n) is 8.41. The molecule has 16 heavy (non-hydrogen) atoms. The fourth-order valence-electron chi connectivity index (χ4n) is 0.908. The number of benzene rings is 1. The maximum atomic E-state index is 13.0. The van der Waals surface area contributed by atoms with Gasteiger partial charge >= 0.3 is 0 Å². The largest absolute Gasteiger partial charge is 0.446 e. The third kappa shape index (κ3) is 2.66. The molecule has 0 amide bonds. The molecule has 0 spiro atoms. The summed E-state index contributed by atoms with van der Waals surface area (Å²) in [6.45, 7) is 2.15. The van der Waals surface area contributed by atoms with Crippen molar-refractivity contribution in [2.24, 2.45) is 0 Å². The number of rotatable bonds is 2. The van der Waals surface area contributed by atoms with Crippen LogP contribution in [0.4, 0.5) is 17.6 Å². The molecule has 0 atom stereocenters. The van der Waals surface area contributed by atoms with E-state index in [2.05, 4.69) is 16.8 Å². The Hall–Kier alpha value is -1.70. The van der Waals surface area contributed by atoms with Crippen LogP contribution in [0.15, 0.2) is 6.07 Å². The summed E-state index contributed by atoms with van der Waals surface area (Å²) in [6, 6.07) is 0.482. The normalized spacial score (nSPS) is 9.56. The van der Waals surface area contributed by atoms with Crippen molar-refractivity contribution in [1.82, 2.24) is 0 Å². The van der Waals surface area contributed by atoms with Crippen molar-refractivity contribution in [1.29, 1.82) is 0 Å². The summed E-state index contributed by atoms with van der Waals surface area (Å²) in [5, 5.41) is 0. The Kier molecular flexibility index (Phi) is 4.18. The SMILES string of the molecule is CCCOC#Cc1cc(F)c(F)c(F)c1F. The Morgan fingerprint density at radius 3 is 2.44 bits per heavy atom. The Bertz CT molecular complexity index is 446. The van der Waals surface area contributed by atoms with Crippen molar-refractivity contribution in [2.75, 3.05) is 6.61 Å². The minimum atomic E-state index is -1.88. The van der Waals surface area contributed by atoms with Gasteiger partial charge in [0, 0.05) is 0 Å². The summed E-state index contributed by atoms with van der Waals surface area (Å²) in [6.07, 6.45) is 2.77. The molecule has 0 unspecified atom stereocenters. The van der Waals surface area contributed by atoms with Crippen LogP contribution in [0.25, 0.3) is 0 Å². The molecule has 86 valence electrons. The van der Waals surface area contributed by atoms with Gasteiger partial charge in [0.25, 0.3) is 0 Å². The predicted molar refractivity (Wildman–Crippen MR) is 49.4 cm³/mol. The molecule has 1 rings (SSSR count). The molecule has 0 radical (unpaired) electrons. The minimum absolute atomic E-state index is 0.320. The van der Waals surface area contributed by atoms with Crippen LogP contribution < -0.4 is 0 Å². The molecule has 0 aliphatic rings. The summed E-state index contributed by atoms with van der Waals surface area (Å²) in [5.41, 5.74) is -0.576. The lowest BCUT2D eigenvalue weighted by Gasteiger charge is -1.99. The minimum Gasteiger partial charge on any atom is -0.446 e. The fourth-order valence-corrected chi connectivity index (χ4v) is 0.908. The highest BCUT2D eigenvalue weighted by molar-refractivity contribution is 5.36. The average molecular weight is 232 g/mol. The molecule has 5 heteroatoms. The van der Waals surface area contributed by atoms with Gasteiger partial charge in [-0.3, -0.25) is 0 Å². The summed E-state index contributed by atoms with van der Waals surface area (Å²) in [4.78, 5) is 0. The molecule has 0 saturated heterocycles. The molecule has 0 aliphatic carbocycles. The fraction of sp³-hybridized carbons (Fsp3) is 0.273. The van der Waals surface area contributed by atoms with Crippen LogP contribution in [0.1, 0.15) is 18.9 Å². The Balaban J connectivity index is 3.00. The lowest BCUT2D eigenvalue weighted by atomic mass is 10.2. The standard InChI is InChI=1S/C11H8F4O/c1-2-4-16-5-3-7-6-8(12)10(14)11(15)9(7)13/h6H,2,4H2,1H3. The number of hydrogen-bond donors (Lipinski definition) is 0. The second-order valence-corrected chi connectivity index (χ2v) is 2.92. The molecule has 1 aromatic rings. The topological polar surface area (TPSA) is 9.23 Å². The van der Waals surface area contributed by atoms with Crippen LogP contribution in [0.2, 0.25) is 0 Å². The first-order valence-electron chi connectivity index (χ1n) is 4.53. The molecule has 0 bridgehead atoms. The first-order valence-corrected chi connectivity index (χ1v) is 4.53. The van der Waals surface area contributed by atoms with Crippen molar-refractivity contribution in [3.63, 3.8) is 0 Å². The van der Waals surface area contributed by atoms with Crippen LogP contribution >= 0.6 is 0 Å². The van der Waals surface area contributed by atoms with Gasteiger partial charge in [0.05, 0.1) is 12.2 Å². The summed E-state index contributed by atoms with van der Waals surface area (Å²) >= 11 is 0. The second-order valence-electron chi connectivity index (χ2n) is 2.92. The molecule has 0 heterocycles. The molecule has 0 N–H and O–H groups in total. The van der Waals surface area contributed by atoms with Crippen LogP contribution in [0, 0.1) is 35.3 Å². The van der Waals surface area contributed by atoms with E-state index in [0.29, 0.717) is 19.1 Å². The summed E-state index contributed by atoms with van der Waals surface area (Å²) < 4.78 is 55.7. The maximum Gasteiger partial charge on any atom is 0.198 e. The summed E-state index contributed by atoms with van der Waals surface area (Å²) in [7, 11) is 0.